The first kappa shape index (κ1) is 21.8. The van der Waals surface area contributed by atoms with Crippen LogP contribution in [0.1, 0.15) is 23.4 Å². The highest BCUT2D eigenvalue weighted by Gasteiger charge is 2.34. The molecule has 1 N–H and O–H groups in total. The number of nitrogens with one attached hydrogen (secondary N) is 1. The molecule has 3 rings (SSSR count). The van der Waals surface area contributed by atoms with E-state index in [1.807, 2.05) is 7.05 Å². The van der Waals surface area contributed by atoms with Crippen LogP contribution < -0.4 is 5.32 Å². The van der Waals surface area contributed by atoms with Crippen LogP contribution in [-0.4, -0.2) is 105 Å². The smallest absolute Gasteiger partial charge is 0.286 e. The average molecular weight is 428 g/mol. The molecule has 0 unspecified atom stereocenters. The van der Waals surface area contributed by atoms with Gasteiger partial charge in [-0.05, 0) is 25.6 Å². The third-order valence-corrected chi connectivity index (χ3v) is 7.34. The number of carbonyl (C=O) groups is 2. The molecule has 0 bridgehead atoms. The Bertz CT molecular complexity index is 782. The normalized spacial score (nSPS) is 20.0. The van der Waals surface area contributed by atoms with Gasteiger partial charge in [0, 0.05) is 65.3 Å². The van der Waals surface area contributed by atoms with Crippen LogP contribution in [0.15, 0.2) is 22.8 Å². The van der Waals surface area contributed by atoms with Crippen LogP contribution >= 0.6 is 0 Å². The minimum Gasteiger partial charge on any atom is -0.459 e. The van der Waals surface area contributed by atoms with Crippen molar-refractivity contribution in [1.29, 1.82) is 0 Å². The molecule has 2 saturated heterocycles. The average Bonchev–Trinajstić information content (AvgIpc) is 3.26. The van der Waals surface area contributed by atoms with Crippen molar-refractivity contribution in [3.05, 3.63) is 24.2 Å². The van der Waals surface area contributed by atoms with Crippen LogP contribution in [-0.2, 0) is 15.0 Å². The number of furan rings is 1. The van der Waals surface area contributed by atoms with Gasteiger partial charge in [-0.3, -0.25) is 9.59 Å². The lowest BCUT2D eigenvalue weighted by atomic mass is 10.2. The highest BCUT2D eigenvalue weighted by molar-refractivity contribution is 7.86. The number of carbonyl (C=O) groups excluding carboxylic acids is 2. The van der Waals surface area contributed by atoms with Gasteiger partial charge in [-0.15, -0.1) is 0 Å². The first-order valence-corrected chi connectivity index (χ1v) is 11.3. The van der Waals surface area contributed by atoms with Crippen LogP contribution in [0.3, 0.4) is 0 Å². The molecule has 0 aliphatic carbocycles. The molecule has 2 fully saturated rings. The highest BCUT2D eigenvalue weighted by atomic mass is 32.2. The van der Waals surface area contributed by atoms with Gasteiger partial charge in [-0.1, -0.05) is 0 Å². The lowest BCUT2D eigenvalue weighted by Gasteiger charge is -2.39. The van der Waals surface area contributed by atoms with Crippen molar-refractivity contribution in [3.8, 4) is 0 Å². The maximum Gasteiger partial charge on any atom is 0.286 e. The van der Waals surface area contributed by atoms with E-state index in [-0.39, 0.29) is 17.6 Å². The maximum absolute atomic E-state index is 12.8. The van der Waals surface area contributed by atoms with E-state index >= 15 is 0 Å². The fraction of sp³-hybridized carbons (Fsp3) is 0.667. The Hall–Kier alpha value is -1.95. The Balaban J connectivity index is 1.37. The Morgan fingerprint density at radius 1 is 1.03 bits per heavy atom. The topological polar surface area (TPSA) is 106 Å². The summed E-state index contributed by atoms with van der Waals surface area (Å²) in [5.41, 5.74) is 0. The summed E-state index contributed by atoms with van der Waals surface area (Å²) in [6.07, 6.45) is 2.26. The summed E-state index contributed by atoms with van der Waals surface area (Å²) in [5.74, 6) is -0.0759. The van der Waals surface area contributed by atoms with Crippen LogP contribution in [0.2, 0.25) is 0 Å². The minimum atomic E-state index is -3.46. The Labute approximate surface area is 171 Å². The predicted octanol–water partition coefficient (Wildman–Crippen LogP) is -0.574. The molecule has 1 aromatic heterocycles. The van der Waals surface area contributed by atoms with Gasteiger partial charge in [0.1, 0.15) is 0 Å². The standard InChI is InChI=1S/C18H29N5O5S/c1-20-7-11-22(12-8-20)29(26,27)23-13-9-21(10-14-23)17(24)5-2-6-19-18(25)16-4-3-15-28-16/h3-4,15H,2,5-14H2,1H3,(H,19,25). The SMILES string of the molecule is CN1CCN(S(=O)(=O)N2CCN(C(=O)CCCNC(=O)c3ccco3)CC2)CC1. The number of rotatable bonds is 7. The number of hydrogen-bond acceptors (Lipinski definition) is 6. The molecular weight excluding hydrogens is 398 g/mol. The van der Waals surface area contributed by atoms with Crippen molar-refractivity contribution in [1.82, 2.24) is 23.7 Å². The first-order chi connectivity index (χ1) is 13.9. The van der Waals surface area contributed by atoms with Crippen molar-refractivity contribution >= 4 is 22.0 Å². The molecule has 2 aliphatic heterocycles. The molecule has 10 nitrogen and oxygen atoms in total. The van der Waals surface area contributed by atoms with Crippen molar-refractivity contribution in [2.24, 2.45) is 0 Å². The van der Waals surface area contributed by atoms with E-state index in [9.17, 15) is 18.0 Å². The van der Waals surface area contributed by atoms with Gasteiger partial charge in [0.15, 0.2) is 5.76 Å². The van der Waals surface area contributed by atoms with Gasteiger partial charge in [0.05, 0.1) is 6.26 Å². The van der Waals surface area contributed by atoms with Crippen molar-refractivity contribution in [3.63, 3.8) is 0 Å². The lowest BCUT2D eigenvalue weighted by Crippen LogP contribution is -2.57. The van der Waals surface area contributed by atoms with E-state index in [4.69, 9.17) is 4.42 Å². The summed E-state index contributed by atoms with van der Waals surface area (Å²) >= 11 is 0. The second-order valence-corrected chi connectivity index (χ2v) is 9.26. The summed E-state index contributed by atoms with van der Waals surface area (Å²) in [4.78, 5) is 27.9. The molecule has 0 radical (unpaired) electrons. The van der Waals surface area contributed by atoms with Gasteiger partial charge in [-0.2, -0.15) is 17.0 Å². The molecule has 1 aromatic rings. The number of nitrogens with zero attached hydrogens (tertiary/aromatic N) is 4. The van der Waals surface area contributed by atoms with Crippen LogP contribution in [0.5, 0.6) is 0 Å². The summed E-state index contributed by atoms with van der Waals surface area (Å²) in [6.45, 7) is 4.26. The molecule has 162 valence electrons. The maximum atomic E-state index is 12.8. The van der Waals surface area contributed by atoms with Crippen LogP contribution in [0, 0.1) is 0 Å². The fourth-order valence-corrected chi connectivity index (χ4v) is 5.02. The zero-order chi connectivity index (χ0) is 20.9. The predicted molar refractivity (Wildman–Crippen MR) is 106 cm³/mol. The number of amides is 2. The van der Waals surface area contributed by atoms with E-state index in [2.05, 4.69) is 10.2 Å². The van der Waals surface area contributed by atoms with Crippen molar-refractivity contribution < 1.29 is 22.4 Å². The third-order valence-electron chi connectivity index (χ3n) is 5.30. The monoisotopic (exact) mass is 427 g/mol. The number of piperazine rings is 2. The molecule has 2 amide bonds. The highest BCUT2D eigenvalue weighted by Crippen LogP contribution is 2.15. The van der Waals surface area contributed by atoms with Gasteiger partial charge in [-0.25, -0.2) is 0 Å². The summed E-state index contributed by atoms with van der Waals surface area (Å²) < 4.78 is 33.6. The zero-order valence-corrected chi connectivity index (χ0v) is 17.6. The molecule has 0 aromatic carbocycles. The second kappa shape index (κ2) is 9.70. The lowest BCUT2D eigenvalue weighted by molar-refractivity contribution is -0.132. The largest absolute Gasteiger partial charge is 0.459 e. The van der Waals surface area contributed by atoms with E-state index in [1.165, 1.54) is 14.9 Å². The van der Waals surface area contributed by atoms with Crippen molar-refractivity contribution in [2.75, 3.05) is 66.0 Å². The quantitative estimate of drug-likeness (QED) is 0.584. The molecule has 0 spiro atoms. The van der Waals surface area contributed by atoms with Gasteiger partial charge in [0.2, 0.25) is 5.91 Å². The van der Waals surface area contributed by atoms with Crippen LogP contribution in [0.4, 0.5) is 0 Å². The second-order valence-electron chi connectivity index (χ2n) is 7.33. The number of hydrogen-bond donors (Lipinski definition) is 1. The molecule has 2 aliphatic rings. The van der Waals surface area contributed by atoms with E-state index in [0.29, 0.717) is 58.7 Å². The van der Waals surface area contributed by atoms with Gasteiger partial charge < -0.3 is 19.5 Å². The van der Waals surface area contributed by atoms with E-state index in [1.54, 1.807) is 17.0 Å². The summed E-state index contributed by atoms with van der Waals surface area (Å²) in [5, 5.41) is 2.71. The summed E-state index contributed by atoms with van der Waals surface area (Å²) in [7, 11) is -1.48. The summed E-state index contributed by atoms with van der Waals surface area (Å²) in [6, 6.07) is 3.22. The molecule has 0 saturated carbocycles. The van der Waals surface area contributed by atoms with Gasteiger partial charge >= 0.3 is 0 Å². The Kier molecular flexibility index (Phi) is 7.28. The van der Waals surface area contributed by atoms with Gasteiger partial charge in [0.25, 0.3) is 16.1 Å². The Morgan fingerprint density at radius 3 is 2.24 bits per heavy atom. The molecular formula is C18H29N5O5S. The zero-order valence-electron chi connectivity index (χ0n) is 16.7. The fourth-order valence-electron chi connectivity index (χ4n) is 3.44. The van der Waals surface area contributed by atoms with Crippen molar-refractivity contribution in [2.45, 2.75) is 12.8 Å². The molecule has 3 heterocycles. The third kappa shape index (κ3) is 5.56. The van der Waals surface area contributed by atoms with E-state index in [0.717, 1.165) is 13.1 Å². The van der Waals surface area contributed by atoms with Crippen LogP contribution in [0.25, 0.3) is 0 Å². The van der Waals surface area contributed by atoms with E-state index < -0.39 is 10.2 Å². The molecule has 29 heavy (non-hydrogen) atoms. The number of likely N-dealkylation sites (N-methyl/N-ethyl adjacent to an activating group) is 1. The first-order valence-electron chi connectivity index (χ1n) is 9.91. The molecule has 11 heteroatoms. The molecule has 0 atom stereocenters. The minimum absolute atomic E-state index is 0.0195. The Morgan fingerprint density at radius 2 is 1.66 bits per heavy atom.